The maximum absolute atomic E-state index is 9.39. The van der Waals surface area contributed by atoms with Crippen molar-refractivity contribution >= 4 is 11.6 Å². The molecule has 0 aromatic heterocycles. The topological polar surface area (TPSA) is 23.5 Å². The molecule has 1 aromatic rings. The van der Waals surface area contributed by atoms with Crippen molar-refractivity contribution in [1.82, 2.24) is 4.90 Å². The third-order valence-corrected chi connectivity index (χ3v) is 3.03. The van der Waals surface area contributed by atoms with Crippen molar-refractivity contribution in [3.05, 3.63) is 28.8 Å². The number of phenolic OH excluding ortho intramolecular Hbond substituents is 1. The van der Waals surface area contributed by atoms with Crippen LogP contribution >= 0.6 is 11.6 Å². The third kappa shape index (κ3) is 4.57. The monoisotopic (exact) mass is 255 g/mol. The lowest BCUT2D eigenvalue weighted by Gasteiger charge is -2.28. The number of halogens is 1. The van der Waals surface area contributed by atoms with Crippen LogP contribution in [-0.4, -0.2) is 22.6 Å². The summed E-state index contributed by atoms with van der Waals surface area (Å²) < 4.78 is 0. The lowest BCUT2D eigenvalue weighted by Crippen LogP contribution is -2.33. The molecule has 0 aliphatic rings. The zero-order chi connectivity index (χ0) is 13.0. The van der Waals surface area contributed by atoms with Crippen LogP contribution in [0.4, 0.5) is 0 Å². The molecule has 17 heavy (non-hydrogen) atoms. The molecule has 0 saturated heterocycles. The Bertz CT molecular complexity index is 363. The molecule has 0 spiro atoms. The molecular weight excluding hydrogens is 234 g/mol. The van der Waals surface area contributed by atoms with Crippen molar-refractivity contribution in [2.75, 3.05) is 6.54 Å². The van der Waals surface area contributed by atoms with Gasteiger partial charge in [0.05, 0.1) is 5.02 Å². The number of aromatic hydroxyl groups is 1. The fourth-order valence-corrected chi connectivity index (χ4v) is 2.01. The van der Waals surface area contributed by atoms with Crippen molar-refractivity contribution in [2.24, 2.45) is 5.92 Å². The van der Waals surface area contributed by atoms with Crippen LogP contribution in [0.15, 0.2) is 18.2 Å². The molecule has 96 valence electrons. The van der Waals surface area contributed by atoms with Gasteiger partial charge in [0.1, 0.15) is 5.75 Å². The number of rotatable bonds is 5. The minimum Gasteiger partial charge on any atom is -0.506 e. The van der Waals surface area contributed by atoms with Gasteiger partial charge in [-0.2, -0.15) is 0 Å². The molecule has 2 nitrogen and oxygen atoms in total. The summed E-state index contributed by atoms with van der Waals surface area (Å²) in [5.41, 5.74) is 1.14. The fourth-order valence-electron chi connectivity index (χ4n) is 1.81. The summed E-state index contributed by atoms with van der Waals surface area (Å²) in [4.78, 5) is 2.41. The highest BCUT2D eigenvalue weighted by Crippen LogP contribution is 2.24. The largest absolute Gasteiger partial charge is 0.506 e. The zero-order valence-electron chi connectivity index (χ0n) is 11.1. The minimum atomic E-state index is 0.148. The Balaban J connectivity index is 2.75. The summed E-state index contributed by atoms with van der Waals surface area (Å²) in [7, 11) is 0. The highest BCUT2D eigenvalue weighted by Gasteiger charge is 2.12. The van der Waals surface area contributed by atoms with Crippen LogP contribution in [0.2, 0.25) is 5.02 Å². The van der Waals surface area contributed by atoms with Crippen molar-refractivity contribution in [3.63, 3.8) is 0 Å². The van der Waals surface area contributed by atoms with Gasteiger partial charge in [-0.3, -0.25) is 4.90 Å². The molecule has 0 fully saturated rings. The lowest BCUT2D eigenvalue weighted by atomic mass is 10.1. The molecule has 0 radical (unpaired) electrons. The Morgan fingerprint density at radius 1 is 1.24 bits per heavy atom. The molecule has 0 heterocycles. The summed E-state index contributed by atoms with van der Waals surface area (Å²) in [5, 5.41) is 9.81. The van der Waals surface area contributed by atoms with E-state index in [0.29, 0.717) is 17.0 Å². The van der Waals surface area contributed by atoms with Crippen molar-refractivity contribution in [2.45, 2.75) is 40.3 Å². The Kier molecular flexibility index (Phi) is 5.29. The number of hydrogen-bond donors (Lipinski definition) is 1. The summed E-state index contributed by atoms with van der Waals surface area (Å²) in [5.74, 6) is 0.792. The molecule has 0 saturated carbocycles. The zero-order valence-corrected chi connectivity index (χ0v) is 11.8. The first-order valence-corrected chi connectivity index (χ1v) is 6.49. The first-order chi connectivity index (χ1) is 7.90. The molecule has 0 aliphatic heterocycles. The van der Waals surface area contributed by atoms with E-state index in [9.17, 15) is 5.11 Å². The minimum absolute atomic E-state index is 0.148. The number of nitrogens with zero attached hydrogens (tertiary/aromatic N) is 1. The Hall–Kier alpha value is -0.730. The Morgan fingerprint density at radius 2 is 1.88 bits per heavy atom. The molecule has 1 N–H and O–H groups in total. The molecule has 3 heteroatoms. The van der Waals surface area contributed by atoms with E-state index in [4.69, 9.17) is 11.6 Å². The van der Waals surface area contributed by atoms with Crippen LogP contribution in [0.1, 0.15) is 33.3 Å². The number of benzene rings is 1. The van der Waals surface area contributed by atoms with Crippen LogP contribution in [0, 0.1) is 5.92 Å². The second-order valence-corrected chi connectivity index (χ2v) is 5.61. The quantitative estimate of drug-likeness (QED) is 0.862. The van der Waals surface area contributed by atoms with Gasteiger partial charge in [0, 0.05) is 19.1 Å². The van der Waals surface area contributed by atoms with Crippen molar-refractivity contribution < 1.29 is 5.11 Å². The standard InChI is InChI=1S/C14H22ClNO/c1-10(2)8-16(11(3)4)9-12-5-6-14(17)13(15)7-12/h5-7,10-11,17H,8-9H2,1-4H3. The Morgan fingerprint density at radius 3 is 2.35 bits per heavy atom. The van der Waals surface area contributed by atoms with Crippen molar-refractivity contribution in [3.8, 4) is 5.75 Å². The molecule has 0 atom stereocenters. The summed E-state index contributed by atoms with van der Waals surface area (Å²) in [6, 6.07) is 5.93. The van der Waals surface area contributed by atoms with E-state index in [0.717, 1.165) is 18.7 Å². The van der Waals surface area contributed by atoms with Gasteiger partial charge in [-0.25, -0.2) is 0 Å². The summed E-state index contributed by atoms with van der Waals surface area (Å²) in [6.45, 7) is 10.8. The molecule has 0 bridgehead atoms. The molecule has 0 unspecified atom stereocenters. The van der Waals surface area contributed by atoms with Gasteiger partial charge in [-0.15, -0.1) is 0 Å². The predicted molar refractivity (Wildman–Crippen MR) is 73.5 cm³/mol. The molecule has 1 aromatic carbocycles. The lowest BCUT2D eigenvalue weighted by molar-refractivity contribution is 0.189. The first kappa shape index (κ1) is 14.3. The molecule has 1 rings (SSSR count). The first-order valence-electron chi connectivity index (χ1n) is 6.11. The van der Waals surface area contributed by atoms with E-state index in [2.05, 4.69) is 32.6 Å². The van der Waals surface area contributed by atoms with Gasteiger partial charge < -0.3 is 5.11 Å². The van der Waals surface area contributed by atoms with E-state index in [1.807, 2.05) is 12.1 Å². The Labute approximate surface area is 109 Å². The summed E-state index contributed by atoms with van der Waals surface area (Å²) in [6.07, 6.45) is 0. The van der Waals surface area contributed by atoms with Crippen LogP contribution in [0.3, 0.4) is 0 Å². The second kappa shape index (κ2) is 6.27. The van der Waals surface area contributed by atoms with E-state index in [1.165, 1.54) is 0 Å². The van der Waals surface area contributed by atoms with E-state index in [1.54, 1.807) is 6.07 Å². The van der Waals surface area contributed by atoms with Gasteiger partial charge >= 0.3 is 0 Å². The molecule has 0 aliphatic carbocycles. The van der Waals surface area contributed by atoms with Gasteiger partial charge in [-0.05, 0) is 37.5 Å². The number of phenols is 1. The van der Waals surface area contributed by atoms with Gasteiger partial charge in [-0.1, -0.05) is 31.5 Å². The van der Waals surface area contributed by atoms with Crippen LogP contribution < -0.4 is 0 Å². The maximum Gasteiger partial charge on any atom is 0.134 e. The third-order valence-electron chi connectivity index (χ3n) is 2.73. The SMILES string of the molecule is CC(C)CN(Cc1ccc(O)c(Cl)c1)C(C)C. The van der Waals surface area contributed by atoms with E-state index >= 15 is 0 Å². The highest BCUT2D eigenvalue weighted by molar-refractivity contribution is 6.32. The average Bonchev–Trinajstić information content (AvgIpc) is 2.21. The van der Waals surface area contributed by atoms with Crippen molar-refractivity contribution in [1.29, 1.82) is 0 Å². The van der Waals surface area contributed by atoms with Gasteiger partial charge in [0.25, 0.3) is 0 Å². The normalized spacial score (nSPS) is 11.8. The smallest absolute Gasteiger partial charge is 0.134 e. The number of hydrogen-bond acceptors (Lipinski definition) is 2. The highest BCUT2D eigenvalue weighted by atomic mass is 35.5. The van der Waals surface area contributed by atoms with Gasteiger partial charge in [0.15, 0.2) is 0 Å². The van der Waals surface area contributed by atoms with E-state index < -0.39 is 0 Å². The fraction of sp³-hybridized carbons (Fsp3) is 0.571. The van der Waals surface area contributed by atoms with E-state index in [-0.39, 0.29) is 5.75 Å². The molecular formula is C14H22ClNO. The molecule has 0 amide bonds. The average molecular weight is 256 g/mol. The maximum atomic E-state index is 9.39. The second-order valence-electron chi connectivity index (χ2n) is 5.20. The predicted octanol–water partition coefficient (Wildman–Crippen LogP) is 3.91. The van der Waals surface area contributed by atoms with Crippen LogP contribution in [0.25, 0.3) is 0 Å². The summed E-state index contributed by atoms with van der Waals surface area (Å²) >= 11 is 5.91. The van der Waals surface area contributed by atoms with Crippen LogP contribution in [0.5, 0.6) is 5.75 Å². The van der Waals surface area contributed by atoms with Crippen LogP contribution in [-0.2, 0) is 6.54 Å². The van der Waals surface area contributed by atoms with Gasteiger partial charge in [0.2, 0.25) is 0 Å².